The summed E-state index contributed by atoms with van der Waals surface area (Å²) < 4.78 is 4.78. The van der Waals surface area contributed by atoms with Crippen LogP contribution in [-0.2, 0) is 0 Å². The summed E-state index contributed by atoms with van der Waals surface area (Å²) in [4.78, 5) is 0. The van der Waals surface area contributed by atoms with Crippen LogP contribution in [0.3, 0.4) is 0 Å². The number of benzene rings is 6. The summed E-state index contributed by atoms with van der Waals surface area (Å²) in [6.07, 6.45) is 0. The molecule has 8 aromatic rings. The van der Waals surface area contributed by atoms with Gasteiger partial charge in [-0.15, -0.1) is 22.7 Å². The van der Waals surface area contributed by atoms with Crippen LogP contribution in [-0.4, -0.2) is 0 Å². The minimum Gasteiger partial charge on any atom is -0.192 e. The number of nitriles is 2. The van der Waals surface area contributed by atoms with Crippen molar-refractivity contribution in [1.29, 1.82) is 10.5 Å². The Hall–Kier alpha value is -5.26. The lowest BCUT2D eigenvalue weighted by Gasteiger charge is -2.12. The molecule has 0 bridgehead atoms. The van der Waals surface area contributed by atoms with Crippen LogP contribution in [0, 0.1) is 22.7 Å². The van der Waals surface area contributed by atoms with Gasteiger partial charge in [0.1, 0.15) is 6.07 Å². The first-order valence-electron chi connectivity index (χ1n) is 13.6. The molecule has 0 unspecified atom stereocenters. The Labute approximate surface area is 250 Å². The zero-order valence-corrected chi connectivity index (χ0v) is 23.9. The molecule has 0 spiro atoms. The molecule has 194 valence electrons. The van der Waals surface area contributed by atoms with E-state index in [-0.39, 0.29) is 0 Å². The molecule has 0 amide bonds. The van der Waals surface area contributed by atoms with Gasteiger partial charge in [-0.1, -0.05) is 54.6 Å². The maximum atomic E-state index is 9.66. The van der Waals surface area contributed by atoms with Gasteiger partial charge in [-0.05, 0) is 100 Å². The summed E-state index contributed by atoms with van der Waals surface area (Å²) in [5.74, 6) is 0. The molecule has 2 heterocycles. The van der Waals surface area contributed by atoms with Crippen molar-refractivity contribution in [1.82, 2.24) is 0 Å². The van der Waals surface area contributed by atoms with E-state index in [1.165, 1.54) is 24.9 Å². The molecule has 0 N–H and O–H groups in total. The van der Waals surface area contributed by atoms with Crippen molar-refractivity contribution in [3.8, 4) is 45.5 Å². The topological polar surface area (TPSA) is 47.6 Å². The maximum Gasteiger partial charge on any atom is 0.101 e. The number of nitrogens with zero attached hydrogens (tertiary/aromatic N) is 2. The van der Waals surface area contributed by atoms with E-state index in [9.17, 15) is 10.5 Å². The lowest BCUT2D eigenvalue weighted by molar-refractivity contribution is 1.48. The SMILES string of the molecule is N#Cc1cccc(-c2cc(-c3ccc4sc5ccccc5c4c3)cc(-c3ccc4sc5c(C#N)cccc5c4c3)c2)c1. The van der Waals surface area contributed by atoms with Crippen molar-refractivity contribution in [2.75, 3.05) is 0 Å². The molecule has 6 aromatic carbocycles. The predicted molar refractivity (Wildman–Crippen MR) is 178 cm³/mol. The first kappa shape index (κ1) is 24.5. The van der Waals surface area contributed by atoms with Crippen molar-refractivity contribution < 1.29 is 0 Å². The van der Waals surface area contributed by atoms with Gasteiger partial charge in [-0.2, -0.15) is 10.5 Å². The zero-order chi connectivity index (χ0) is 28.2. The summed E-state index contributed by atoms with van der Waals surface area (Å²) in [5.41, 5.74) is 7.95. The van der Waals surface area contributed by atoms with Crippen molar-refractivity contribution in [2.24, 2.45) is 0 Å². The molecule has 0 fully saturated rings. The van der Waals surface area contributed by atoms with Crippen LogP contribution in [0.5, 0.6) is 0 Å². The molecule has 0 radical (unpaired) electrons. The van der Waals surface area contributed by atoms with Crippen LogP contribution >= 0.6 is 22.7 Å². The molecule has 0 saturated heterocycles. The van der Waals surface area contributed by atoms with Crippen LogP contribution in [0.2, 0.25) is 0 Å². The summed E-state index contributed by atoms with van der Waals surface area (Å²) >= 11 is 3.50. The van der Waals surface area contributed by atoms with Gasteiger partial charge >= 0.3 is 0 Å². The van der Waals surface area contributed by atoms with Gasteiger partial charge in [-0.25, -0.2) is 0 Å². The van der Waals surface area contributed by atoms with E-state index >= 15 is 0 Å². The fourth-order valence-electron chi connectivity index (χ4n) is 5.87. The van der Waals surface area contributed by atoms with E-state index < -0.39 is 0 Å². The molecule has 42 heavy (non-hydrogen) atoms. The molecule has 0 saturated carbocycles. The van der Waals surface area contributed by atoms with E-state index in [2.05, 4.69) is 103 Å². The molecular formula is C38H20N2S2. The van der Waals surface area contributed by atoms with Gasteiger partial charge in [-0.3, -0.25) is 0 Å². The van der Waals surface area contributed by atoms with Crippen molar-refractivity contribution in [3.63, 3.8) is 0 Å². The smallest absolute Gasteiger partial charge is 0.101 e. The monoisotopic (exact) mass is 568 g/mol. The average Bonchev–Trinajstić information content (AvgIpc) is 3.62. The Morgan fingerprint density at radius 2 is 1.00 bits per heavy atom. The lowest BCUT2D eigenvalue weighted by atomic mass is 9.92. The molecule has 0 atom stereocenters. The summed E-state index contributed by atoms with van der Waals surface area (Å²) in [6, 6.07) is 47.0. The van der Waals surface area contributed by atoms with Gasteiger partial charge in [0.2, 0.25) is 0 Å². The third-order valence-corrected chi connectivity index (χ3v) is 10.3. The van der Waals surface area contributed by atoms with Gasteiger partial charge in [0.15, 0.2) is 0 Å². The van der Waals surface area contributed by atoms with Crippen LogP contribution in [0.4, 0.5) is 0 Å². The van der Waals surface area contributed by atoms with Crippen LogP contribution < -0.4 is 0 Å². The Bertz CT molecular complexity index is 2450. The van der Waals surface area contributed by atoms with Crippen molar-refractivity contribution >= 4 is 63.0 Å². The Balaban J connectivity index is 1.36. The standard InChI is InChI=1S/C38H20N2S2/c39-21-23-5-3-6-24(15-23)28-16-29(25-11-13-36-33(19-25)31-8-1-2-10-35(31)41-36)18-30(17-28)26-12-14-37-34(20-26)32-9-4-7-27(22-40)38(32)42-37/h1-20H. The minimum absolute atomic E-state index is 0.644. The van der Waals surface area contributed by atoms with Gasteiger partial charge in [0.05, 0.1) is 21.9 Å². The summed E-state index contributed by atoms with van der Waals surface area (Å²) in [7, 11) is 0. The van der Waals surface area contributed by atoms with E-state index in [1.807, 2.05) is 41.7 Å². The van der Waals surface area contributed by atoms with Gasteiger partial charge in [0, 0.05) is 35.6 Å². The molecule has 0 aliphatic carbocycles. The predicted octanol–water partition coefficient (Wildman–Crippen LogP) is 11.2. The fourth-order valence-corrected chi connectivity index (χ4v) is 8.10. The van der Waals surface area contributed by atoms with Crippen LogP contribution in [0.25, 0.3) is 73.7 Å². The third-order valence-electron chi connectivity index (χ3n) is 7.92. The highest BCUT2D eigenvalue weighted by Gasteiger charge is 2.13. The highest BCUT2D eigenvalue weighted by Crippen LogP contribution is 2.41. The lowest BCUT2D eigenvalue weighted by Crippen LogP contribution is -1.87. The molecule has 2 nitrogen and oxygen atoms in total. The summed E-state index contributed by atoms with van der Waals surface area (Å²) in [6.45, 7) is 0. The first-order valence-corrected chi connectivity index (χ1v) is 15.2. The van der Waals surface area contributed by atoms with Crippen LogP contribution in [0.1, 0.15) is 11.1 Å². The van der Waals surface area contributed by atoms with E-state index in [0.717, 1.165) is 48.9 Å². The Morgan fingerprint density at radius 1 is 0.405 bits per heavy atom. The highest BCUT2D eigenvalue weighted by molar-refractivity contribution is 7.26. The number of rotatable bonds is 3. The molecule has 0 aliphatic heterocycles. The van der Waals surface area contributed by atoms with E-state index in [1.54, 1.807) is 11.3 Å². The van der Waals surface area contributed by atoms with Crippen molar-refractivity contribution in [3.05, 3.63) is 132 Å². The molecule has 8 rings (SSSR count). The zero-order valence-electron chi connectivity index (χ0n) is 22.3. The third kappa shape index (κ3) is 3.98. The summed E-state index contributed by atoms with van der Waals surface area (Å²) in [5, 5.41) is 24.1. The number of hydrogen-bond acceptors (Lipinski definition) is 4. The van der Waals surface area contributed by atoms with E-state index in [0.29, 0.717) is 11.1 Å². The highest BCUT2D eigenvalue weighted by atomic mass is 32.1. The van der Waals surface area contributed by atoms with Gasteiger partial charge in [0.25, 0.3) is 0 Å². The van der Waals surface area contributed by atoms with Crippen LogP contribution in [0.15, 0.2) is 121 Å². The van der Waals surface area contributed by atoms with Crippen molar-refractivity contribution in [2.45, 2.75) is 0 Å². The van der Waals surface area contributed by atoms with Gasteiger partial charge < -0.3 is 0 Å². The first-order chi connectivity index (χ1) is 20.7. The normalized spacial score (nSPS) is 11.3. The average molecular weight is 569 g/mol. The molecule has 2 aromatic heterocycles. The fraction of sp³-hybridized carbons (Fsp3) is 0. The number of fused-ring (bicyclic) bond motifs is 6. The maximum absolute atomic E-state index is 9.66. The second kappa shape index (κ2) is 9.68. The molecular weight excluding hydrogens is 549 g/mol. The second-order valence-corrected chi connectivity index (χ2v) is 12.5. The largest absolute Gasteiger partial charge is 0.192 e. The molecule has 4 heteroatoms. The molecule has 0 aliphatic rings. The minimum atomic E-state index is 0.644. The quantitative estimate of drug-likeness (QED) is 0.213. The Kier molecular flexibility index (Phi) is 5.66. The number of thiophene rings is 2. The number of hydrogen-bond donors (Lipinski definition) is 0. The Morgan fingerprint density at radius 3 is 1.71 bits per heavy atom. The second-order valence-electron chi connectivity index (χ2n) is 10.4. The van der Waals surface area contributed by atoms with E-state index in [4.69, 9.17) is 0 Å².